The first kappa shape index (κ1) is 27.5. The van der Waals surface area contributed by atoms with Gasteiger partial charge in [-0.1, -0.05) is 24.3 Å². The third-order valence-electron chi connectivity index (χ3n) is 5.27. The summed E-state index contributed by atoms with van der Waals surface area (Å²) in [7, 11) is 2.93. The number of imidazole rings is 1. The highest BCUT2D eigenvalue weighted by Gasteiger charge is 2.34. The van der Waals surface area contributed by atoms with Gasteiger partial charge in [0.1, 0.15) is 17.7 Å². The maximum Gasteiger partial charge on any atom is 0.434 e. The maximum absolute atomic E-state index is 13.0. The predicted molar refractivity (Wildman–Crippen MR) is 141 cm³/mol. The molecule has 0 spiro atoms. The molecule has 3 heterocycles. The number of nitrogens with one attached hydrogen (secondary N) is 2. The van der Waals surface area contributed by atoms with Crippen molar-refractivity contribution in [3.8, 4) is 34.7 Å². The topological polar surface area (TPSA) is 125 Å². The second-order valence-corrected chi connectivity index (χ2v) is 7.61. The van der Waals surface area contributed by atoms with Crippen molar-refractivity contribution < 1.29 is 17.9 Å². The van der Waals surface area contributed by atoms with Gasteiger partial charge in [0.25, 0.3) is 0 Å². The summed E-state index contributed by atoms with van der Waals surface area (Å²) in [5.41, 5.74) is 1.44. The van der Waals surface area contributed by atoms with E-state index in [4.69, 9.17) is 10.1 Å². The van der Waals surface area contributed by atoms with Gasteiger partial charge in [0.05, 0.1) is 23.8 Å². The van der Waals surface area contributed by atoms with Crippen molar-refractivity contribution in [2.45, 2.75) is 12.7 Å². The molecule has 0 saturated carbocycles. The molecule has 0 unspecified atom stereocenters. The van der Waals surface area contributed by atoms with E-state index in [2.05, 4.69) is 31.3 Å². The normalized spacial score (nSPS) is 10.8. The Balaban J connectivity index is 0.00000380. The van der Waals surface area contributed by atoms with Gasteiger partial charge in [-0.05, 0) is 11.6 Å². The monoisotopic (exact) mass is 620 g/mol. The zero-order valence-corrected chi connectivity index (χ0v) is 21.9. The summed E-state index contributed by atoms with van der Waals surface area (Å²) in [6, 6.07) is 10.5. The molecule has 190 valence electrons. The Morgan fingerprint density at radius 2 is 1.89 bits per heavy atom. The maximum atomic E-state index is 13.0. The number of hydrogen-bond acceptors (Lipinski definition) is 8. The molecule has 0 fully saturated rings. The first-order valence-electron chi connectivity index (χ1n) is 10.5. The number of nitrogens with zero attached hydrogens (tertiary/aromatic N) is 6. The SMILES string of the molecule is COc1nccc(C#N)c1-c1ncc(C=N)c(NCc2ccc(-c3nc(C(F)(F)F)cn3C)cc2)n1.I. The Morgan fingerprint density at radius 3 is 2.49 bits per heavy atom. The van der Waals surface area contributed by atoms with Crippen LogP contribution in [0.4, 0.5) is 19.0 Å². The second kappa shape index (κ2) is 11.3. The fourth-order valence-corrected chi connectivity index (χ4v) is 3.49. The lowest BCUT2D eigenvalue weighted by Crippen LogP contribution is -2.07. The standard InChI is InChI=1S/C24H19F3N8O.HI/c1-35-13-18(24(25,26)27)33-22(35)15-5-3-14(4-6-15)11-31-20-17(10-29)12-32-21(34-20)19-16(9-28)7-8-30-23(19)36-2;/h3-8,10,12-13,29H,11H2,1-2H3,(H,31,32,34);1H. The van der Waals surface area contributed by atoms with Crippen LogP contribution in [0.3, 0.4) is 0 Å². The molecule has 0 saturated heterocycles. The van der Waals surface area contributed by atoms with Crippen LogP contribution in [0.1, 0.15) is 22.4 Å². The number of aromatic nitrogens is 5. The van der Waals surface area contributed by atoms with Crippen LogP contribution < -0.4 is 10.1 Å². The molecule has 9 nitrogen and oxygen atoms in total. The Morgan fingerprint density at radius 1 is 1.16 bits per heavy atom. The first-order chi connectivity index (χ1) is 17.2. The third kappa shape index (κ3) is 5.85. The highest BCUT2D eigenvalue weighted by atomic mass is 127. The number of pyridine rings is 1. The average molecular weight is 620 g/mol. The summed E-state index contributed by atoms with van der Waals surface area (Å²) >= 11 is 0. The molecule has 0 aliphatic heterocycles. The molecule has 0 bridgehead atoms. The molecule has 0 amide bonds. The molecule has 3 aromatic heterocycles. The van der Waals surface area contributed by atoms with Gasteiger partial charge in [-0.2, -0.15) is 18.4 Å². The number of benzene rings is 1. The van der Waals surface area contributed by atoms with Gasteiger partial charge in [-0.25, -0.2) is 19.9 Å². The van der Waals surface area contributed by atoms with Crippen LogP contribution in [0.15, 0.2) is 48.9 Å². The summed E-state index contributed by atoms with van der Waals surface area (Å²) in [6.07, 6.45) is 0.431. The number of hydrogen-bond donors (Lipinski definition) is 2. The summed E-state index contributed by atoms with van der Waals surface area (Å²) in [4.78, 5) is 16.6. The molecule has 4 aromatic rings. The minimum absolute atomic E-state index is 0. The van der Waals surface area contributed by atoms with Gasteiger partial charge in [-0.3, -0.25) is 0 Å². The highest BCUT2D eigenvalue weighted by Crippen LogP contribution is 2.31. The minimum Gasteiger partial charge on any atom is -0.480 e. The van der Waals surface area contributed by atoms with E-state index in [1.165, 1.54) is 37.2 Å². The molecule has 1 aromatic carbocycles. The first-order valence-corrected chi connectivity index (χ1v) is 10.5. The quantitative estimate of drug-likeness (QED) is 0.219. The molecule has 13 heteroatoms. The molecular formula is C24H20F3IN8O. The Bertz CT molecular complexity index is 1460. The molecular weight excluding hydrogens is 600 g/mol. The van der Waals surface area contributed by atoms with Crippen molar-refractivity contribution in [1.82, 2.24) is 24.5 Å². The van der Waals surface area contributed by atoms with Crippen molar-refractivity contribution in [2.24, 2.45) is 7.05 Å². The van der Waals surface area contributed by atoms with Gasteiger partial charge in [-0.15, -0.1) is 24.0 Å². The van der Waals surface area contributed by atoms with Gasteiger partial charge in [0.15, 0.2) is 11.5 Å². The van der Waals surface area contributed by atoms with Crippen molar-refractivity contribution in [3.63, 3.8) is 0 Å². The Labute approximate surface area is 226 Å². The summed E-state index contributed by atoms with van der Waals surface area (Å²) in [6.45, 7) is 0.307. The number of rotatable bonds is 7. The lowest BCUT2D eigenvalue weighted by atomic mass is 10.1. The van der Waals surface area contributed by atoms with E-state index >= 15 is 0 Å². The zero-order valence-electron chi connectivity index (χ0n) is 19.5. The number of ether oxygens (including phenoxy) is 1. The lowest BCUT2D eigenvalue weighted by Gasteiger charge is -2.12. The summed E-state index contributed by atoms with van der Waals surface area (Å²) < 4.78 is 45.5. The number of alkyl halides is 3. The number of aryl methyl sites for hydroxylation is 1. The Hall–Kier alpha value is -4.06. The number of methoxy groups -OCH3 is 1. The minimum atomic E-state index is -4.52. The number of halogens is 4. The highest BCUT2D eigenvalue weighted by molar-refractivity contribution is 14.0. The van der Waals surface area contributed by atoms with Gasteiger partial charge in [0.2, 0.25) is 5.88 Å². The summed E-state index contributed by atoms with van der Waals surface area (Å²) in [5.74, 6) is 0.955. The average Bonchev–Trinajstić information content (AvgIpc) is 3.29. The van der Waals surface area contributed by atoms with Gasteiger partial charge < -0.3 is 20.0 Å². The van der Waals surface area contributed by atoms with Crippen molar-refractivity contribution in [3.05, 3.63) is 71.3 Å². The Kier molecular flexibility index (Phi) is 8.43. The zero-order chi connectivity index (χ0) is 25.9. The van der Waals surface area contributed by atoms with E-state index in [1.807, 2.05) is 0 Å². The molecule has 0 aliphatic rings. The summed E-state index contributed by atoms with van der Waals surface area (Å²) in [5, 5.41) is 20.3. The van der Waals surface area contributed by atoms with Crippen molar-refractivity contribution in [1.29, 1.82) is 10.7 Å². The van der Waals surface area contributed by atoms with Crippen LogP contribution in [-0.2, 0) is 19.8 Å². The lowest BCUT2D eigenvalue weighted by molar-refractivity contribution is -0.140. The fourth-order valence-electron chi connectivity index (χ4n) is 3.49. The molecule has 2 N–H and O–H groups in total. The van der Waals surface area contributed by atoms with Crippen LogP contribution in [0, 0.1) is 16.7 Å². The number of nitriles is 1. The third-order valence-corrected chi connectivity index (χ3v) is 5.27. The van der Waals surface area contributed by atoms with Crippen LogP contribution in [0.25, 0.3) is 22.8 Å². The smallest absolute Gasteiger partial charge is 0.434 e. The molecule has 0 radical (unpaired) electrons. The van der Waals surface area contributed by atoms with E-state index in [0.29, 0.717) is 29.1 Å². The van der Waals surface area contributed by atoms with Gasteiger partial charge in [0, 0.05) is 44.0 Å². The van der Waals surface area contributed by atoms with E-state index in [0.717, 1.165) is 18.0 Å². The van der Waals surface area contributed by atoms with Crippen LogP contribution >= 0.6 is 24.0 Å². The van der Waals surface area contributed by atoms with Crippen LogP contribution in [0.5, 0.6) is 5.88 Å². The van der Waals surface area contributed by atoms with E-state index in [-0.39, 0.29) is 47.1 Å². The van der Waals surface area contributed by atoms with Crippen LogP contribution in [-0.4, -0.2) is 37.8 Å². The largest absolute Gasteiger partial charge is 0.480 e. The fraction of sp³-hybridized carbons (Fsp3) is 0.167. The predicted octanol–water partition coefficient (Wildman–Crippen LogP) is 5.07. The molecule has 0 atom stereocenters. The van der Waals surface area contributed by atoms with Crippen molar-refractivity contribution >= 4 is 36.0 Å². The van der Waals surface area contributed by atoms with E-state index < -0.39 is 11.9 Å². The van der Waals surface area contributed by atoms with E-state index in [1.54, 1.807) is 24.3 Å². The molecule has 0 aliphatic carbocycles. The molecule has 37 heavy (non-hydrogen) atoms. The van der Waals surface area contributed by atoms with E-state index in [9.17, 15) is 18.4 Å². The van der Waals surface area contributed by atoms with Gasteiger partial charge >= 0.3 is 6.18 Å². The van der Waals surface area contributed by atoms with Crippen LogP contribution in [0.2, 0.25) is 0 Å². The second-order valence-electron chi connectivity index (χ2n) is 7.61. The molecule has 4 rings (SSSR count). The van der Waals surface area contributed by atoms with Crippen molar-refractivity contribution in [2.75, 3.05) is 12.4 Å². The number of anilines is 1.